The highest BCUT2D eigenvalue weighted by atomic mass is 35.5. The lowest BCUT2D eigenvalue weighted by Crippen LogP contribution is -2.08. The van der Waals surface area contributed by atoms with E-state index in [1.54, 1.807) is 24.6 Å². The summed E-state index contributed by atoms with van der Waals surface area (Å²) in [4.78, 5) is 11.7. The number of rotatable bonds is 2. The van der Waals surface area contributed by atoms with Gasteiger partial charge in [0.1, 0.15) is 5.82 Å². The minimum Gasteiger partial charge on any atom is -0.294 e. The molecule has 0 radical (unpaired) electrons. The highest BCUT2D eigenvalue weighted by Gasteiger charge is 2.17. The first-order valence-electron chi connectivity index (χ1n) is 5.86. The van der Waals surface area contributed by atoms with Gasteiger partial charge in [-0.25, -0.2) is 9.07 Å². The summed E-state index contributed by atoms with van der Waals surface area (Å²) in [6.45, 7) is 6.65. The van der Waals surface area contributed by atoms with Gasteiger partial charge in [0.05, 0.1) is 22.1 Å². The molecule has 3 nitrogen and oxygen atoms in total. The van der Waals surface area contributed by atoms with Gasteiger partial charge in [-0.1, -0.05) is 11.6 Å². The molecule has 0 bridgehead atoms. The molecular formula is C14H14ClFN2O. The zero-order valence-electron chi connectivity index (χ0n) is 11.2. The number of nitrogens with zero attached hydrogens (tertiary/aromatic N) is 2. The fourth-order valence-electron chi connectivity index (χ4n) is 1.98. The predicted molar refractivity (Wildman–Crippen MR) is 72.7 cm³/mol. The first kappa shape index (κ1) is 13.7. The number of ketones is 1. The Bertz CT molecular complexity index is 677. The SMILES string of the molecule is CC(=O)c1cc(F)c(C)cc1-n1nc(C)c(Cl)c1C. The maximum atomic E-state index is 13.6. The third-order valence-corrected chi connectivity index (χ3v) is 3.63. The first-order valence-corrected chi connectivity index (χ1v) is 6.24. The standard InChI is InChI=1S/C14H14ClFN2O/c1-7-5-13(11(10(4)19)6-12(7)16)18-9(3)14(15)8(2)17-18/h5-6H,1-4H3. The second-order valence-electron chi connectivity index (χ2n) is 4.57. The lowest BCUT2D eigenvalue weighted by molar-refractivity contribution is 0.101. The highest BCUT2D eigenvalue weighted by Crippen LogP contribution is 2.26. The Balaban J connectivity index is 2.77. The molecule has 19 heavy (non-hydrogen) atoms. The molecule has 0 atom stereocenters. The molecule has 0 saturated carbocycles. The summed E-state index contributed by atoms with van der Waals surface area (Å²) >= 11 is 6.11. The summed E-state index contributed by atoms with van der Waals surface area (Å²) in [7, 11) is 0. The Morgan fingerprint density at radius 1 is 1.32 bits per heavy atom. The van der Waals surface area contributed by atoms with Gasteiger partial charge in [-0.15, -0.1) is 0 Å². The average molecular weight is 281 g/mol. The van der Waals surface area contributed by atoms with Crippen LogP contribution < -0.4 is 0 Å². The Morgan fingerprint density at radius 3 is 2.42 bits per heavy atom. The Kier molecular flexibility index (Phi) is 3.45. The van der Waals surface area contributed by atoms with Crippen molar-refractivity contribution in [2.45, 2.75) is 27.7 Å². The molecule has 1 heterocycles. The molecule has 0 fully saturated rings. The van der Waals surface area contributed by atoms with Crippen molar-refractivity contribution in [3.63, 3.8) is 0 Å². The minimum atomic E-state index is -0.401. The zero-order chi connectivity index (χ0) is 14.3. The van der Waals surface area contributed by atoms with Gasteiger partial charge in [0.25, 0.3) is 0 Å². The van der Waals surface area contributed by atoms with Crippen LogP contribution in [-0.4, -0.2) is 15.6 Å². The van der Waals surface area contributed by atoms with E-state index in [9.17, 15) is 9.18 Å². The van der Waals surface area contributed by atoms with Crippen molar-refractivity contribution in [2.24, 2.45) is 0 Å². The van der Waals surface area contributed by atoms with Gasteiger partial charge < -0.3 is 0 Å². The fraction of sp³-hybridized carbons (Fsp3) is 0.286. The highest BCUT2D eigenvalue weighted by molar-refractivity contribution is 6.31. The van der Waals surface area contributed by atoms with Gasteiger partial charge in [-0.3, -0.25) is 4.79 Å². The van der Waals surface area contributed by atoms with E-state index < -0.39 is 5.82 Å². The molecule has 2 aromatic rings. The number of Topliss-reactive ketones (excluding diaryl/α,β-unsaturated/α-hetero) is 1. The van der Waals surface area contributed by atoms with Gasteiger partial charge in [0.15, 0.2) is 5.78 Å². The third kappa shape index (κ3) is 2.28. The predicted octanol–water partition coefficient (Wildman–Crippen LogP) is 3.79. The molecule has 0 unspecified atom stereocenters. The van der Waals surface area contributed by atoms with Crippen LogP contribution >= 0.6 is 11.6 Å². The summed E-state index contributed by atoms with van der Waals surface area (Å²) in [5, 5.41) is 4.86. The molecule has 1 aromatic heterocycles. The largest absolute Gasteiger partial charge is 0.294 e. The lowest BCUT2D eigenvalue weighted by Gasteiger charge is -2.11. The molecule has 0 aliphatic rings. The molecule has 0 aliphatic heterocycles. The fourth-order valence-corrected chi connectivity index (χ4v) is 2.10. The van der Waals surface area contributed by atoms with Gasteiger partial charge >= 0.3 is 0 Å². The number of halogens is 2. The molecule has 0 saturated heterocycles. The topological polar surface area (TPSA) is 34.9 Å². The van der Waals surface area contributed by atoms with Crippen LogP contribution in [0, 0.1) is 26.6 Å². The van der Waals surface area contributed by atoms with Crippen molar-refractivity contribution in [3.8, 4) is 5.69 Å². The van der Waals surface area contributed by atoms with Crippen molar-refractivity contribution < 1.29 is 9.18 Å². The molecule has 1 aromatic carbocycles. The Morgan fingerprint density at radius 2 is 1.95 bits per heavy atom. The van der Waals surface area contributed by atoms with Crippen LogP contribution in [-0.2, 0) is 0 Å². The summed E-state index contributed by atoms with van der Waals surface area (Å²) in [5.41, 5.74) is 2.72. The Labute approximate surface area is 116 Å². The van der Waals surface area contributed by atoms with Crippen molar-refractivity contribution >= 4 is 17.4 Å². The molecule has 0 spiro atoms. The normalized spacial score (nSPS) is 10.8. The maximum absolute atomic E-state index is 13.6. The summed E-state index contributed by atoms with van der Waals surface area (Å²) < 4.78 is 15.2. The smallest absolute Gasteiger partial charge is 0.162 e. The van der Waals surface area contributed by atoms with Crippen molar-refractivity contribution in [2.75, 3.05) is 0 Å². The van der Waals surface area contributed by atoms with E-state index in [-0.39, 0.29) is 5.78 Å². The third-order valence-electron chi connectivity index (χ3n) is 3.09. The zero-order valence-corrected chi connectivity index (χ0v) is 12.0. The van der Waals surface area contributed by atoms with Crippen LogP contribution in [0.3, 0.4) is 0 Å². The van der Waals surface area contributed by atoms with E-state index in [1.807, 2.05) is 6.92 Å². The van der Waals surface area contributed by atoms with E-state index in [2.05, 4.69) is 5.10 Å². The second-order valence-corrected chi connectivity index (χ2v) is 4.95. The Hall–Kier alpha value is -1.68. The molecule has 100 valence electrons. The van der Waals surface area contributed by atoms with Crippen LogP contribution in [0.5, 0.6) is 0 Å². The van der Waals surface area contributed by atoms with Crippen LogP contribution in [0.2, 0.25) is 5.02 Å². The van der Waals surface area contributed by atoms with E-state index in [4.69, 9.17) is 11.6 Å². The van der Waals surface area contributed by atoms with Crippen LogP contribution in [0.1, 0.15) is 34.2 Å². The molecule has 0 N–H and O–H groups in total. The first-order chi connectivity index (χ1) is 8.82. The summed E-state index contributed by atoms with van der Waals surface area (Å²) in [6, 6.07) is 2.86. The van der Waals surface area contributed by atoms with Crippen molar-refractivity contribution in [1.82, 2.24) is 9.78 Å². The number of carbonyl (C=O) groups is 1. The second kappa shape index (κ2) is 4.78. The van der Waals surface area contributed by atoms with Crippen molar-refractivity contribution in [3.05, 3.63) is 45.5 Å². The number of benzene rings is 1. The minimum absolute atomic E-state index is 0.211. The number of hydrogen-bond donors (Lipinski definition) is 0. The number of aryl methyl sites for hydroxylation is 2. The van der Waals surface area contributed by atoms with Crippen LogP contribution in [0.15, 0.2) is 12.1 Å². The summed E-state index contributed by atoms with van der Waals surface area (Å²) in [6.07, 6.45) is 0. The molecular weight excluding hydrogens is 267 g/mol. The van der Waals surface area contributed by atoms with E-state index in [0.29, 0.717) is 27.5 Å². The quantitative estimate of drug-likeness (QED) is 0.785. The van der Waals surface area contributed by atoms with Gasteiger partial charge in [-0.05, 0) is 45.4 Å². The number of carbonyl (C=O) groups excluding carboxylic acids is 1. The summed E-state index contributed by atoms with van der Waals surface area (Å²) in [5.74, 6) is -0.612. The van der Waals surface area contributed by atoms with E-state index in [0.717, 1.165) is 5.69 Å². The van der Waals surface area contributed by atoms with Gasteiger partial charge in [0, 0.05) is 5.56 Å². The average Bonchev–Trinajstić information content (AvgIpc) is 2.59. The monoisotopic (exact) mass is 280 g/mol. The molecule has 0 aliphatic carbocycles. The van der Waals surface area contributed by atoms with Crippen LogP contribution in [0.4, 0.5) is 4.39 Å². The van der Waals surface area contributed by atoms with Crippen LogP contribution in [0.25, 0.3) is 5.69 Å². The lowest BCUT2D eigenvalue weighted by atomic mass is 10.1. The van der Waals surface area contributed by atoms with Gasteiger partial charge in [0.2, 0.25) is 0 Å². The number of hydrogen-bond acceptors (Lipinski definition) is 2. The molecule has 0 amide bonds. The molecule has 2 rings (SSSR count). The van der Waals surface area contributed by atoms with Gasteiger partial charge in [-0.2, -0.15) is 5.10 Å². The van der Waals surface area contributed by atoms with E-state index in [1.165, 1.54) is 13.0 Å². The molecule has 5 heteroatoms. The number of aromatic nitrogens is 2. The van der Waals surface area contributed by atoms with E-state index >= 15 is 0 Å². The van der Waals surface area contributed by atoms with Crippen molar-refractivity contribution in [1.29, 1.82) is 0 Å². The maximum Gasteiger partial charge on any atom is 0.162 e.